The fourth-order valence-corrected chi connectivity index (χ4v) is 3.35. The Morgan fingerprint density at radius 1 is 0.917 bits per heavy atom. The van der Waals surface area contributed by atoms with Crippen molar-refractivity contribution in [2.75, 3.05) is 13.2 Å². The van der Waals surface area contributed by atoms with E-state index < -0.39 is 0 Å². The summed E-state index contributed by atoms with van der Waals surface area (Å²) in [5.74, 6) is -0.236. The molecule has 0 heterocycles. The Kier molecular flexibility index (Phi) is 5.17. The Morgan fingerprint density at radius 3 is 2.33 bits per heavy atom. The van der Waals surface area contributed by atoms with Crippen molar-refractivity contribution in [3.05, 3.63) is 64.2 Å². The van der Waals surface area contributed by atoms with Crippen molar-refractivity contribution in [1.29, 1.82) is 0 Å². The monoisotopic (exact) mass is 340 g/mol. The zero-order valence-electron chi connectivity index (χ0n) is 13.7. The first-order valence-corrected chi connectivity index (χ1v) is 8.71. The maximum atomic E-state index is 12.8. The Hall–Kier alpha value is -1.91. The van der Waals surface area contributed by atoms with Crippen molar-refractivity contribution in [3.8, 4) is 0 Å². The van der Waals surface area contributed by atoms with E-state index in [1.165, 1.54) is 0 Å². The van der Waals surface area contributed by atoms with Gasteiger partial charge in [-0.15, -0.1) is 12.6 Å². The SMILES string of the molecule is CCCCOCCc1ccc2c(c1S)C(=O)c1ccccc1C2=O. The Morgan fingerprint density at radius 2 is 1.62 bits per heavy atom. The van der Waals surface area contributed by atoms with Crippen molar-refractivity contribution in [2.45, 2.75) is 31.1 Å². The van der Waals surface area contributed by atoms with Gasteiger partial charge in [0.1, 0.15) is 0 Å². The third-order valence-corrected chi connectivity index (χ3v) is 4.82. The minimum atomic E-state index is -0.126. The molecule has 0 atom stereocenters. The van der Waals surface area contributed by atoms with Crippen LogP contribution >= 0.6 is 12.6 Å². The standard InChI is InChI=1S/C20H20O3S/c1-2-3-11-23-12-10-13-8-9-16-17(20(13)24)19(22)15-7-5-4-6-14(15)18(16)21/h4-9,24H,2-3,10-12H2,1H3. The third-order valence-electron chi connectivity index (χ3n) is 4.31. The second-order valence-corrected chi connectivity index (χ2v) is 6.36. The van der Waals surface area contributed by atoms with E-state index in [1.807, 2.05) is 6.07 Å². The minimum absolute atomic E-state index is 0.110. The second-order valence-electron chi connectivity index (χ2n) is 5.92. The minimum Gasteiger partial charge on any atom is -0.381 e. The Balaban J connectivity index is 1.88. The lowest BCUT2D eigenvalue weighted by atomic mass is 9.83. The topological polar surface area (TPSA) is 43.4 Å². The Bertz CT molecular complexity index is 795. The predicted octanol–water partition coefficient (Wildman–Crippen LogP) is 4.11. The van der Waals surface area contributed by atoms with Gasteiger partial charge in [-0.2, -0.15) is 0 Å². The van der Waals surface area contributed by atoms with Gasteiger partial charge in [-0.25, -0.2) is 0 Å². The number of carbonyl (C=O) groups excluding carboxylic acids is 2. The van der Waals surface area contributed by atoms with E-state index in [2.05, 4.69) is 19.6 Å². The van der Waals surface area contributed by atoms with Crippen LogP contribution in [-0.2, 0) is 11.2 Å². The first-order chi connectivity index (χ1) is 11.6. The van der Waals surface area contributed by atoms with Gasteiger partial charge in [0, 0.05) is 33.8 Å². The molecule has 0 fully saturated rings. The van der Waals surface area contributed by atoms with E-state index in [1.54, 1.807) is 30.3 Å². The number of hydrogen-bond acceptors (Lipinski definition) is 4. The highest BCUT2D eigenvalue weighted by atomic mass is 32.1. The molecule has 24 heavy (non-hydrogen) atoms. The number of hydrogen-bond donors (Lipinski definition) is 1. The van der Waals surface area contributed by atoms with Crippen LogP contribution < -0.4 is 0 Å². The number of rotatable bonds is 6. The molecule has 0 aromatic heterocycles. The average Bonchev–Trinajstić information content (AvgIpc) is 2.60. The van der Waals surface area contributed by atoms with E-state index in [0.29, 0.717) is 40.2 Å². The van der Waals surface area contributed by atoms with Crippen LogP contribution in [0.4, 0.5) is 0 Å². The van der Waals surface area contributed by atoms with Crippen molar-refractivity contribution in [2.24, 2.45) is 0 Å². The number of thiol groups is 1. The molecule has 4 heteroatoms. The fourth-order valence-electron chi connectivity index (χ4n) is 2.94. The van der Waals surface area contributed by atoms with E-state index in [4.69, 9.17) is 4.74 Å². The summed E-state index contributed by atoms with van der Waals surface area (Å²) in [5.41, 5.74) is 2.74. The van der Waals surface area contributed by atoms with Crippen LogP contribution in [0.25, 0.3) is 0 Å². The van der Waals surface area contributed by atoms with Crippen molar-refractivity contribution >= 4 is 24.2 Å². The van der Waals surface area contributed by atoms with Crippen LogP contribution in [0, 0.1) is 0 Å². The molecule has 2 aromatic rings. The van der Waals surface area contributed by atoms with Crippen molar-refractivity contribution in [3.63, 3.8) is 0 Å². The summed E-state index contributed by atoms with van der Waals surface area (Å²) in [4.78, 5) is 26.0. The van der Waals surface area contributed by atoms with Gasteiger partial charge in [0.15, 0.2) is 11.6 Å². The van der Waals surface area contributed by atoms with Gasteiger partial charge in [-0.3, -0.25) is 9.59 Å². The molecule has 0 saturated heterocycles. The molecule has 2 aromatic carbocycles. The summed E-state index contributed by atoms with van der Waals surface area (Å²) in [6.45, 7) is 3.46. The average molecular weight is 340 g/mol. The van der Waals surface area contributed by atoms with Gasteiger partial charge in [-0.1, -0.05) is 43.7 Å². The molecular formula is C20H20O3S. The maximum Gasteiger partial charge on any atom is 0.195 e. The lowest BCUT2D eigenvalue weighted by molar-refractivity contribution is 0.0976. The van der Waals surface area contributed by atoms with E-state index in [-0.39, 0.29) is 11.6 Å². The van der Waals surface area contributed by atoms with Crippen molar-refractivity contribution < 1.29 is 14.3 Å². The number of unbranched alkanes of at least 4 members (excludes halogenated alkanes) is 1. The number of ether oxygens (including phenoxy) is 1. The van der Waals surface area contributed by atoms with Crippen LogP contribution in [0.1, 0.15) is 57.2 Å². The summed E-state index contributed by atoms with van der Waals surface area (Å²) >= 11 is 4.56. The zero-order chi connectivity index (χ0) is 17.1. The van der Waals surface area contributed by atoms with Gasteiger partial charge in [0.2, 0.25) is 0 Å². The highest BCUT2D eigenvalue weighted by Crippen LogP contribution is 2.33. The quantitative estimate of drug-likeness (QED) is 0.542. The number of benzene rings is 2. The molecule has 0 radical (unpaired) electrons. The van der Waals surface area contributed by atoms with Crippen LogP contribution in [0.2, 0.25) is 0 Å². The van der Waals surface area contributed by atoms with Crippen LogP contribution in [0.5, 0.6) is 0 Å². The highest BCUT2D eigenvalue weighted by molar-refractivity contribution is 7.80. The molecule has 1 aliphatic rings. The molecule has 0 unspecified atom stereocenters. The summed E-state index contributed by atoms with van der Waals surface area (Å²) in [7, 11) is 0. The van der Waals surface area contributed by atoms with Gasteiger partial charge in [0.25, 0.3) is 0 Å². The summed E-state index contributed by atoms with van der Waals surface area (Å²) < 4.78 is 5.60. The fraction of sp³-hybridized carbons (Fsp3) is 0.300. The Labute approximate surface area is 147 Å². The molecule has 0 bridgehead atoms. The maximum absolute atomic E-state index is 12.8. The molecule has 0 N–H and O–H groups in total. The lowest BCUT2D eigenvalue weighted by Crippen LogP contribution is -2.22. The van der Waals surface area contributed by atoms with E-state index in [9.17, 15) is 9.59 Å². The molecule has 0 aliphatic heterocycles. The summed E-state index contributed by atoms with van der Waals surface area (Å²) in [5, 5.41) is 0. The molecule has 124 valence electrons. The zero-order valence-corrected chi connectivity index (χ0v) is 14.6. The van der Waals surface area contributed by atoms with Crippen LogP contribution in [0.3, 0.4) is 0 Å². The molecule has 3 nitrogen and oxygen atoms in total. The molecule has 0 saturated carbocycles. The van der Waals surface area contributed by atoms with E-state index in [0.717, 1.165) is 25.0 Å². The van der Waals surface area contributed by atoms with Crippen molar-refractivity contribution in [1.82, 2.24) is 0 Å². The normalized spacial score (nSPS) is 12.9. The number of ketones is 2. The predicted molar refractivity (Wildman–Crippen MR) is 96.4 cm³/mol. The van der Waals surface area contributed by atoms with Gasteiger partial charge < -0.3 is 4.74 Å². The smallest absolute Gasteiger partial charge is 0.195 e. The largest absolute Gasteiger partial charge is 0.381 e. The molecule has 0 amide bonds. The van der Waals surface area contributed by atoms with Gasteiger partial charge >= 0.3 is 0 Å². The first kappa shape index (κ1) is 16.9. The summed E-state index contributed by atoms with van der Waals surface area (Å²) in [6.07, 6.45) is 2.83. The molecule has 1 aliphatic carbocycles. The van der Waals surface area contributed by atoms with Crippen LogP contribution in [-0.4, -0.2) is 24.8 Å². The lowest BCUT2D eigenvalue weighted by Gasteiger charge is -2.20. The highest BCUT2D eigenvalue weighted by Gasteiger charge is 2.31. The number of fused-ring (bicyclic) bond motifs is 2. The van der Waals surface area contributed by atoms with E-state index >= 15 is 0 Å². The molecule has 3 rings (SSSR count). The summed E-state index contributed by atoms with van der Waals surface area (Å²) in [6, 6.07) is 10.6. The van der Waals surface area contributed by atoms with Gasteiger partial charge in [-0.05, 0) is 24.5 Å². The second kappa shape index (κ2) is 7.32. The molecule has 0 spiro atoms. The van der Waals surface area contributed by atoms with Gasteiger partial charge in [0.05, 0.1) is 6.61 Å². The third kappa shape index (κ3) is 3.04. The number of carbonyl (C=O) groups is 2. The molecular weight excluding hydrogens is 320 g/mol. The van der Waals surface area contributed by atoms with Crippen LogP contribution in [0.15, 0.2) is 41.3 Å². The first-order valence-electron chi connectivity index (χ1n) is 8.26.